The van der Waals surface area contributed by atoms with E-state index in [4.69, 9.17) is 20.5 Å². The maximum Gasteiger partial charge on any atom is 0.271 e. The molecular weight excluding hydrogens is 394 g/mol. The lowest BCUT2D eigenvalue weighted by Crippen LogP contribution is -2.25. The Morgan fingerprint density at radius 1 is 1.24 bits per heavy atom. The standard InChI is InChI=1S/C20H18ClN5O3/c1-13-23-19(29-25-13)5-2-10-22-20(27)16-12-17(18-4-3-11-28-18)26(24-16)15-8-6-14(21)7-9-15/h3-4,6-9,11-12H,2,5,10H2,1H3,(H,22,27). The van der Waals surface area contributed by atoms with Gasteiger partial charge in [0.2, 0.25) is 5.89 Å². The quantitative estimate of drug-likeness (QED) is 0.464. The van der Waals surface area contributed by atoms with E-state index in [0.717, 1.165) is 5.69 Å². The van der Waals surface area contributed by atoms with Crippen molar-refractivity contribution in [1.29, 1.82) is 0 Å². The zero-order valence-electron chi connectivity index (χ0n) is 15.6. The maximum atomic E-state index is 12.6. The molecule has 0 atom stereocenters. The lowest BCUT2D eigenvalue weighted by Gasteiger charge is -2.05. The summed E-state index contributed by atoms with van der Waals surface area (Å²) in [7, 11) is 0. The van der Waals surface area contributed by atoms with Crippen molar-refractivity contribution in [3.8, 4) is 17.1 Å². The van der Waals surface area contributed by atoms with E-state index in [-0.39, 0.29) is 5.91 Å². The van der Waals surface area contributed by atoms with Crippen LogP contribution in [-0.4, -0.2) is 32.4 Å². The van der Waals surface area contributed by atoms with Crippen LogP contribution in [0.2, 0.25) is 5.02 Å². The highest BCUT2D eigenvalue weighted by molar-refractivity contribution is 6.30. The summed E-state index contributed by atoms with van der Waals surface area (Å²) in [6.07, 6.45) is 2.85. The topological polar surface area (TPSA) is 99.0 Å². The lowest BCUT2D eigenvalue weighted by molar-refractivity contribution is 0.0947. The Balaban J connectivity index is 1.49. The van der Waals surface area contributed by atoms with Crippen molar-refractivity contribution in [2.75, 3.05) is 6.54 Å². The Bertz CT molecular complexity index is 1100. The molecule has 1 aromatic carbocycles. The molecule has 4 aromatic rings. The summed E-state index contributed by atoms with van der Waals surface area (Å²) < 4.78 is 12.2. The van der Waals surface area contributed by atoms with E-state index in [9.17, 15) is 4.79 Å². The van der Waals surface area contributed by atoms with Crippen LogP contribution in [0.25, 0.3) is 17.1 Å². The van der Waals surface area contributed by atoms with Gasteiger partial charge in [0.05, 0.1) is 12.0 Å². The SMILES string of the molecule is Cc1noc(CCCNC(=O)c2cc(-c3ccco3)n(-c3ccc(Cl)cc3)n2)n1. The van der Waals surface area contributed by atoms with Crippen LogP contribution < -0.4 is 5.32 Å². The second kappa shape index (κ2) is 8.32. The number of halogens is 1. The number of furan rings is 1. The van der Waals surface area contributed by atoms with Crippen molar-refractivity contribution >= 4 is 17.5 Å². The third kappa shape index (κ3) is 4.38. The number of aromatic nitrogens is 4. The van der Waals surface area contributed by atoms with Gasteiger partial charge in [0.15, 0.2) is 17.3 Å². The number of rotatable bonds is 7. The van der Waals surface area contributed by atoms with Crippen molar-refractivity contribution in [3.05, 3.63) is 71.2 Å². The van der Waals surface area contributed by atoms with Gasteiger partial charge in [0, 0.05) is 24.1 Å². The van der Waals surface area contributed by atoms with Crippen molar-refractivity contribution in [3.63, 3.8) is 0 Å². The van der Waals surface area contributed by atoms with Gasteiger partial charge in [-0.3, -0.25) is 4.79 Å². The normalized spacial score (nSPS) is 11.0. The first-order valence-corrected chi connectivity index (χ1v) is 9.45. The molecule has 148 valence electrons. The Labute approximate surface area is 171 Å². The molecule has 3 aromatic heterocycles. The average Bonchev–Trinajstić information content (AvgIpc) is 3.46. The van der Waals surface area contributed by atoms with Gasteiger partial charge >= 0.3 is 0 Å². The van der Waals surface area contributed by atoms with Crippen LogP contribution >= 0.6 is 11.6 Å². The van der Waals surface area contributed by atoms with Crippen LogP contribution in [0, 0.1) is 6.92 Å². The van der Waals surface area contributed by atoms with Crippen molar-refractivity contribution < 1.29 is 13.7 Å². The number of benzene rings is 1. The van der Waals surface area contributed by atoms with Gasteiger partial charge in [0.1, 0.15) is 5.69 Å². The van der Waals surface area contributed by atoms with Crippen LogP contribution in [-0.2, 0) is 6.42 Å². The van der Waals surface area contributed by atoms with Gasteiger partial charge in [-0.1, -0.05) is 16.8 Å². The van der Waals surface area contributed by atoms with E-state index in [0.29, 0.717) is 53.3 Å². The number of aryl methyl sites for hydroxylation is 2. The molecule has 0 unspecified atom stereocenters. The van der Waals surface area contributed by atoms with Crippen molar-refractivity contribution in [2.45, 2.75) is 19.8 Å². The van der Waals surface area contributed by atoms with Crippen LogP contribution in [0.3, 0.4) is 0 Å². The zero-order chi connectivity index (χ0) is 20.2. The number of carbonyl (C=O) groups is 1. The van der Waals surface area contributed by atoms with Crippen LogP contribution in [0.5, 0.6) is 0 Å². The Morgan fingerprint density at radius 2 is 2.07 bits per heavy atom. The van der Waals surface area contributed by atoms with Crippen molar-refractivity contribution in [2.24, 2.45) is 0 Å². The van der Waals surface area contributed by atoms with E-state index < -0.39 is 0 Å². The predicted molar refractivity (Wildman–Crippen MR) is 106 cm³/mol. The average molecular weight is 412 g/mol. The lowest BCUT2D eigenvalue weighted by atomic mass is 10.2. The highest BCUT2D eigenvalue weighted by Crippen LogP contribution is 2.25. The molecular formula is C20H18ClN5O3. The van der Waals surface area contributed by atoms with Gasteiger partial charge in [-0.2, -0.15) is 10.1 Å². The molecule has 29 heavy (non-hydrogen) atoms. The molecule has 0 fully saturated rings. The summed E-state index contributed by atoms with van der Waals surface area (Å²) in [5, 5.41) is 11.7. The summed E-state index contributed by atoms with van der Waals surface area (Å²) in [5.74, 6) is 1.50. The van der Waals surface area contributed by atoms with Crippen LogP contribution in [0.15, 0.2) is 57.7 Å². The van der Waals surface area contributed by atoms with Crippen LogP contribution in [0.1, 0.15) is 28.6 Å². The number of nitrogens with zero attached hydrogens (tertiary/aromatic N) is 4. The minimum atomic E-state index is -0.271. The maximum absolute atomic E-state index is 12.6. The molecule has 9 heteroatoms. The third-order valence-electron chi connectivity index (χ3n) is 4.21. The molecule has 0 radical (unpaired) electrons. The minimum absolute atomic E-state index is 0.271. The molecule has 0 aliphatic heterocycles. The van der Waals surface area contributed by atoms with Gasteiger partial charge in [-0.25, -0.2) is 4.68 Å². The van der Waals surface area contributed by atoms with Gasteiger partial charge in [-0.15, -0.1) is 0 Å². The Morgan fingerprint density at radius 3 is 2.76 bits per heavy atom. The fourth-order valence-electron chi connectivity index (χ4n) is 2.84. The first-order chi connectivity index (χ1) is 14.1. The molecule has 1 N–H and O–H groups in total. The van der Waals surface area contributed by atoms with Gasteiger partial charge < -0.3 is 14.3 Å². The first-order valence-electron chi connectivity index (χ1n) is 9.07. The monoisotopic (exact) mass is 411 g/mol. The summed E-state index contributed by atoms with van der Waals surface area (Å²) >= 11 is 5.98. The molecule has 8 nitrogen and oxygen atoms in total. The zero-order valence-corrected chi connectivity index (χ0v) is 16.4. The van der Waals surface area contributed by atoms with E-state index in [1.807, 2.05) is 18.2 Å². The van der Waals surface area contributed by atoms with Gasteiger partial charge in [0.25, 0.3) is 5.91 Å². The second-order valence-corrected chi connectivity index (χ2v) is 6.81. The largest absolute Gasteiger partial charge is 0.463 e. The number of carbonyl (C=O) groups excluding carboxylic acids is 1. The molecule has 0 aliphatic carbocycles. The van der Waals surface area contributed by atoms with Gasteiger partial charge in [-0.05, 0) is 49.7 Å². The summed E-state index contributed by atoms with van der Waals surface area (Å²) in [6.45, 7) is 2.23. The molecule has 3 heterocycles. The fraction of sp³-hybridized carbons (Fsp3) is 0.200. The van der Waals surface area contributed by atoms with E-state index >= 15 is 0 Å². The molecule has 0 bridgehead atoms. The Hall–Kier alpha value is -3.39. The number of hydrogen-bond donors (Lipinski definition) is 1. The molecule has 0 saturated heterocycles. The highest BCUT2D eigenvalue weighted by atomic mass is 35.5. The third-order valence-corrected chi connectivity index (χ3v) is 4.46. The molecule has 4 rings (SSSR count). The second-order valence-electron chi connectivity index (χ2n) is 6.38. The molecule has 0 spiro atoms. The number of amides is 1. The molecule has 1 amide bonds. The number of hydrogen-bond acceptors (Lipinski definition) is 6. The fourth-order valence-corrected chi connectivity index (χ4v) is 2.97. The first kappa shape index (κ1) is 18.9. The van der Waals surface area contributed by atoms with E-state index in [1.165, 1.54) is 0 Å². The summed E-state index contributed by atoms with van der Waals surface area (Å²) in [4.78, 5) is 16.7. The Kier molecular flexibility index (Phi) is 5.44. The van der Waals surface area contributed by atoms with Crippen LogP contribution in [0.4, 0.5) is 0 Å². The smallest absolute Gasteiger partial charge is 0.271 e. The number of nitrogens with one attached hydrogen (secondary N) is 1. The van der Waals surface area contributed by atoms with E-state index in [1.54, 1.807) is 42.1 Å². The minimum Gasteiger partial charge on any atom is -0.463 e. The molecule has 0 aliphatic rings. The highest BCUT2D eigenvalue weighted by Gasteiger charge is 2.18. The van der Waals surface area contributed by atoms with Crippen molar-refractivity contribution in [1.82, 2.24) is 25.2 Å². The summed E-state index contributed by atoms with van der Waals surface area (Å²) in [6, 6.07) is 12.5. The predicted octanol–water partition coefficient (Wildman–Crippen LogP) is 3.84. The molecule has 0 saturated carbocycles. The summed E-state index contributed by atoms with van der Waals surface area (Å²) in [5.41, 5.74) is 1.73. The van der Waals surface area contributed by atoms with E-state index in [2.05, 4.69) is 20.6 Å².